The maximum atomic E-state index is 13.6. The summed E-state index contributed by atoms with van der Waals surface area (Å²) in [7, 11) is 0. The molecule has 2 aromatic carbocycles. The van der Waals surface area contributed by atoms with E-state index in [-0.39, 0.29) is 12.2 Å². The Bertz CT molecular complexity index is 589. The molecule has 0 aliphatic rings. The Morgan fingerprint density at radius 1 is 1.14 bits per heavy atom. The first kappa shape index (κ1) is 15.0. The Kier molecular flexibility index (Phi) is 5.29. The zero-order chi connectivity index (χ0) is 15.1. The topological polar surface area (TPSA) is 58.6 Å². The number of benzene rings is 2. The highest BCUT2D eigenvalue weighted by atomic mass is 19.1. The molecule has 2 N–H and O–H groups in total. The minimum absolute atomic E-state index is 0.113. The summed E-state index contributed by atoms with van der Waals surface area (Å²) in [6.45, 7) is -0.302. The molecule has 0 spiro atoms. The van der Waals surface area contributed by atoms with Crippen molar-refractivity contribution in [3.05, 3.63) is 71.5 Å². The van der Waals surface area contributed by atoms with Gasteiger partial charge in [-0.05, 0) is 11.6 Å². The summed E-state index contributed by atoms with van der Waals surface area (Å²) in [5.74, 6) is -0.486. The molecule has 5 heteroatoms. The lowest BCUT2D eigenvalue weighted by Crippen LogP contribution is -2.31. The second-order valence-corrected chi connectivity index (χ2v) is 4.46. The number of aliphatic hydroxyl groups is 1. The summed E-state index contributed by atoms with van der Waals surface area (Å²) in [6.07, 6.45) is -0.707. The molecule has 0 fully saturated rings. The number of ether oxygens (including phenoxy) is 1. The van der Waals surface area contributed by atoms with Gasteiger partial charge in [-0.15, -0.1) is 0 Å². The minimum atomic E-state index is -0.838. The molecule has 0 saturated carbocycles. The van der Waals surface area contributed by atoms with E-state index in [4.69, 9.17) is 4.74 Å². The highest BCUT2D eigenvalue weighted by molar-refractivity contribution is 5.68. The van der Waals surface area contributed by atoms with Crippen molar-refractivity contribution in [2.75, 3.05) is 6.61 Å². The molecular formula is C16H16FNO3. The summed E-state index contributed by atoms with van der Waals surface area (Å²) in [6, 6.07) is 14.3. The largest absolute Gasteiger partial charge is 0.445 e. The third-order valence-corrected chi connectivity index (χ3v) is 2.97. The van der Waals surface area contributed by atoms with Gasteiger partial charge in [0.25, 0.3) is 0 Å². The maximum absolute atomic E-state index is 13.6. The van der Waals surface area contributed by atoms with Gasteiger partial charge >= 0.3 is 6.09 Å². The van der Waals surface area contributed by atoms with Gasteiger partial charge in [-0.3, -0.25) is 0 Å². The summed E-state index contributed by atoms with van der Waals surface area (Å²) in [5, 5.41) is 11.7. The van der Waals surface area contributed by atoms with Crippen molar-refractivity contribution in [2.45, 2.75) is 12.6 Å². The lowest BCUT2D eigenvalue weighted by molar-refractivity contribution is 0.129. The average Bonchev–Trinajstić information content (AvgIpc) is 2.52. The van der Waals surface area contributed by atoms with Crippen molar-refractivity contribution in [3.63, 3.8) is 0 Å². The van der Waals surface area contributed by atoms with Crippen LogP contribution in [0.3, 0.4) is 0 Å². The second-order valence-electron chi connectivity index (χ2n) is 4.46. The van der Waals surface area contributed by atoms with Crippen molar-refractivity contribution < 1.29 is 19.0 Å². The fraction of sp³-hybridized carbons (Fsp3) is 0.188. The summed E-state index contributed by atoms with van der Waals surface area (Å²) in [4.78, 5) is 11.7. The summed E-state index contributed by atoms with van der Waals surface area (Å²) < 4.78 is 18.7. The molecule has 0 aliphatic carbocycles. The van der Waals surface area contributed by atoms with Crippen LogP contribution in [0.25, 0.3) is 0 Å². The Labute approximate surface area is 122 Å². The molecule has 0 radical (unpaired) electrons. The third-order valence-electron chi connectivity index (χ3n) is 2.97. The second kappa shape index (κ2) is 7.40. The monoisotopic (exact) mass is 289 g/mol. The molecule has 1 atom stereocenters. The molecule has 4 nitrogen and oxygen atoms in total. The highest BCUT2D eigenvalue weighted by Crippen LogP contribution is 2.16. The van der Waals surface area contributed by atoms with Crippen molar-refractivity contribution in [1.82, 2.24) is 5.32 Å². The zero-order valence-corrected chi connectivity index (χ0v) is 11.3. The molecule has 0 saturated heterocycles. The molecule has 1 amide bonds. The molecular weight excluding hydrogens is 273 g/mol. The molecule has 2 aromatic rings. The maximum Gasteiger partial charge on any atom is 0.408 e. The zero-order valence-electron chi connectivity index (χ0n) is 11.3. The average molecular weight is 289 g/mol. The van der Waals surface area contributed by atoms with E-state index in [1.165, 1.54) is 12.1 Å². The van der Waals surface area contributed by atoms with Gasteiger partial charge in [0.1, 0.15) is 12.4 Å². The van der Waals surface area contributed by atoms with Crippen LogP contribution in [-0.4, -0.2) is 17.8 Å². The predicted octanol–water partition coefficient (Wildman–Crippen LogP) is 2.79. The van der Waals surface area contributed by atoms with E-state index in [1.807, 2.05) is 30.3 Å². The van der Waals surface area contributed by atoms with E-state index in [1.54, 1.807) is 12.1 Å². The number of nitrogens with one attached hydrogen (secondary N) is 1. The Hall–Kier alpha value is -2.40. The summed E-state index contributed by atoms with van der Waals surface area (Å²) >= 11 is 0. The Morgan fingerprint density at radius 3 is 2.48 bits per heavy atom. The fourth-order valence-corrected chi connectivity index (χ4v) is 1.89. The van der Waals surface area contributed by atoms with Gasteiger partial charge in [-0.1, -0.05) is 48.5 Å². The van der Waals surface area contributed by atoms with Crippen molar-refractivity contribution >= 4 is 6.09 Å². The molecule has 0 aliphatic heterocycles. The molecule has 0 heterocycles. The molecule has 2 rings (SSSR count). The first-order chi connectivity index (χ1) is 10.2. The Morgan fingerprint density at radius 2 is 1.81 bits per heavy atom. The van der Waals surface area contributed by atoms with Gasteiger partial charge in [-0.25, -0.2) is 9.18 Å². The quantitative estimate of drug-likeness (QED) is 0.890. The SMILES string of the molecule is O=C(NC(CO)c1ccccc1F)OCc1ccccc1. The lowest BCUT2D eigenvalue weighted by atomic mass is 10.1. The van der Waals surface area contributed by atoms with Gasteiger partial charge in [-0.2, -0.15) is 0 Å². The van der Waals surface area contributed by atoms with Crippen molar-refractivity contribution in [2.24, 2.45) is 0 Å². The predicted molar refractivity (Wildman–Crippen MR) is 76.0 cm³/mol. The minimum Gasteiger partial charge on any atom is -0.445 e. The van der Waals surface area contributed by atoms with E-state index in [2.05, 4.69) is 5.32 Å². The van der Waals surface area contributed by atoms with Crippen LogP contribution in [0.5, 0.6) is 0 Å². The number of halogens is 1. The van der Waals surface area contributed by atoms with E-state index >= 15 is 0 Å². The molecule has 0 bridgehead atoms. The third kappa shape index (κ3) is 4.29. The number of carbonyl (C=O) groups excluding carboxylic acids is 1. The summed E-state index contributed by atoms with van der Waals surface area (Å²) in [5.41, 5.74) is 1.07. The number of amides is 1. The fourth-order valence-electron chi connectivity index (χ4n) is 1.89. The van der Waals surface area contributed by atoms with Crippen molar-refractivity contribution in [1.29, 1.82) is 0 Å². The van der Waals surface area contributed by atoms with Gasteiger partial charge in [0, 0.05) is 5.56 Å². The van der Waals surface area contributed by atoms with Crippen LogP contribution in [0.2, 0.25) is 0 Å². The van der Waals surface area contributed by atoms with E-state index in [9.17, 15) is 14.3 Å². The van der Waals surface area contributed by atoms with E-state index < -0.39 is 24.6 Å². The van der Waals surface area contributed by atoms with Crippen LogP contribution in [0.4, 0.5) is 9.18 Å². The number of rotatable bonds is 5. The molecule has 21 heavy (non-hydrogen) atoms. The number of aliphatic hydroxyl groups excluding tert-OH is 1. The Balaban J connectivity index is 1.93. The van der Waals surface area contributed by atoms with Gasteiger partial charge in [0.15, 0.2) is 0 Å². The first-order valence-electron chi connectivity index (χ1n) is 6.53. The normalized spacial score (nSPS) is 11.7. The first-order valence-corrected chi connectivity index (χ1v) is 6.53. The van der Waals surface area contributed by atoms with Crippen LogP contribution in [0.15, 0.2) is 54.6 Å². The molecule has 1 unspecified atom stereocenters. The van der Waals surface area contributed by atoms with E-state index in [0.717, 1.165) is 5.56 Å². The van der Waals surface area contributed by atoms with Crippen molar-refractivity contribution in [3.8, 4) is 0 Å². The smallest absolute Gasteiger partial charge is 0.408 e. The standard InChI is InChI=1S/C16H16FNO3/c17-14-9-5-4-8-13(14)15(10-19)18-16(20)21-11-12-6-2-1-3-7-12/h1-9,15,19H,10-11H2,(H,18,20). The van der Waals surface area contributed by atoms with Gasteiger partial charge < -0.3 is 15.2 Å². The highest BCUT2D eigenvalue weighted by Gasteiger charge is 2.17. The van der Waals surface area contributed by atoms with Crippen LogP contribution in [0, 0.1) is 5.82 Å². The van der Waals surface area contributed by atoms with Gasteiger partial charge in [0.05, 0.1) is 12.6 Å². The molecule has 0 aromatic heterocycles. The molecule has 110 valence electrons. The van der Waals surface area contributed by atoms with Crippen LogP contribution in [0.1, 0.15) is 17.2 Å². The number of carbonyl (C=O) groups is 1. The lowest BCUT2D eigenvalue weighted by Gasteiger charge is -2.17. The van der Waals surface area contributed by atoms with Gasteiger partial charge in [0.2, 0.25) is 0 Å². The number of hydrogen-bond donors (Lipinski definition) is 2. The van der Waals surface area contributed by atoms with Crippen LogP contribution >= 0.6 is 0 Å². The van der Waals surface area contributed by atoms with E-state index in [0.29, 0.717) is 0 Å². The number of alkyl carbamates (subject to hydrolysis) is 1. The van der Waals surface area contributed by atoms with Crippen LogP contribution < -0.4 is 5.32 Å². The number of hydrogen-bond acceptors (Lipinski definition) is 3. The van der Waals surface area contributed by atoms with Crippen LogP contribution in [-0.2, 0) is 11.3 Å².